The summed E-state index contributed by atoms with van der Waals surface area (Å²) < 4.78 is 13.2. The Morgan fingerprint density at radius 1 is 1.07 bits per heavy atom. The fourth-order valence-electron chi connectivity index (χ4n) is 1.26. The molecule has 0 spiro atoms. The number of benzene rings is 1. The van der Waals surface area contributed by atoms with Gasteiger partial charge in [-0.25, -0.2) is 4.39 Å². The van der Waals surface area contributed by atoms with Gasteiger partial charge in [-0.2, -0.15) is 10.2 Å². The number of nitrogens with zero attached hydrogens (tertiary/aromatic N) is 2. The maximum atomic E-state index is 13.2. The summed E-state index contributed by atoms with van der Waals surface area (Å²) in [5, 5.41) is 7.64. The highest BCUT2D eigenvalue weighted by atomic mass is 19.1. The van der Waals surface area contributed by atoms with E-state index < -0.39 is 0 Å². The van der Waals surface area contributed by atoms with Gasteiger partial charge in [0.2, 0.25) is 0 Å². The van der Waals surface area contributed by atoms with Crippen molar-refractivity contribution in [3.63, 3.8) is 0 Å². The van der Waals surface area contributed by atoms with Gasteiger partial charge in [0.05, 0.1) is 5.69 Å². The van der Waals surface area contributed by atoms with Crippen molar-refractivity contribution in [2.24, 2.45) is 0 Å². The standard InChI is InChI=1S/C11H9FN2/c12-11-6-2-1-4-9(11)8-10-5-3-7-13-14-10/h1-7H,8H2. The van der Waals surface area contributed by atoms with E-state index in [1.54, 1.807) is 24.4 Å². The summed E-state index contributed by atoms with van der Waals surface area (Å²) >= 11 is 0. The Morgan fingerprint density at radius 2 is 1.93 bits per heavy atom. The average molecular weight is 188 g/mol. The molecule has 0 bridgehead atoms. The minimum Gasteiger partial charge on any atom is -0.207 e. The van der Waals surface area contributed by atoms with Crippen LogP contribution in [0.15, 0.2) is 42.6 Å². The molecule has 1 aromatic carbocycles. The van der Waals surface area contributed by atoms with Crippen molar-refractivity contribution in [2.75, 3.05) is 0 Å². The molecule has 2 aromatic rings. The minimum absolute atomic E-state index is 0.196. The molecule has 14 heavy (non-hydrogen) atoms. The van der Waals surface area contributed by atoms with Crippen molar-refractivity contribution in [2.45, 2.75) is 6.42 Å². The van der Waals surface area contributed by atoms with Gasteiger partial charge in [-0.15, -0.1) is 0 Å². The van der Waals surface area contributed by atoms with E-state index in [1.807, 2.05) is 12.1 Å². The lowest BCUT2D eigenvalue weighted by Gasteiger charge is -2.00. The van der Waals surface area contributed by atoms with Crippen molar-refractivity contribution in [1.29, 1.82) is 0 Å². The van der Waals surface area contributed by atoms with Crippen LogP contribution in [0.5, 0.6) is 0 Å². The maximum absolute atomic E-state index is 13.2. The van der Waals surface area contributed by atoms with E-state index in [9.17, 15) is 4.39 Å². The fraction of sp³-hybridized carbons (Fsp3) is 0.0909. The smallest absolute Gasteiger partial charge is 0.126 e. The molecule has 1 aromatic heterocycles. The molecule has 0 saturated heterocycles. The van der Waals surface area contributed by atoms with Crippen LogP contribution >= 0.6 is 0 Å². The molecule has 1 heterocycles. The summed E-state index contributed by atoms with van der Waals surface area (Å²) in [4.78, 5) is 0. The number of rotatable bonds is 2. The predicted molar refractivity (Wildman–Crippen MR) is 51.2 cm³/mol. The first kappa shape index (κ1) is 8.81. The zero-order valence-electron chi connectivity index (χ0n) is 7.52. The van der Waals surface area contributed by atoms with Gasteiger partial charge in [0, 0.05) is 12.6 Å². The van der Waals surface area contributed by atoms with Gasteiger partial charge in [-0.3, -0.25) is 0 Å². The van der Waals surface area contributed by atoms with E-state index in [1.165, 1.54) is 6.07 Å². The maximum Gasteiger partial charge on any atom is 0.126 e. The highest BCUT2D eigenvalue weighted by Gasteiger charge is 2.02. The van der Waals surface area contributed by atoms with E-state index in [-0.39, 0.29) is 5.82 Å². The zero-order valence-corrected chi connectivity index (χ0v) is 7.52. The molecule has 0 saturated carbocycles. The number of halogens is 1. The van der Waals surface area contributed by atoms with E-state index in [2.05, 4.69) is 10.2 Å². The zero-order chi connectivity index (χ0) is 9.80. The normalized spacial score (nSPS) is 10.1. The van der Waals surface area contributed by atoms with Crippen LogP contribution in [0, 0.1) is 5.82 Å². The molecule has 2 rings (SSSR count). The van der Waals surface area contributed by atoms with Gasteiger partial charge in [0.15, 0.2) is 0 Å². The summed E-state index contributed by atoms with van der Waals surface area (Å²) in [5.41, 5.74) is 1.42. The molecule has 0 amide bonds. The molecule has 0 aliphatic rings. The Hall–Kier alpha value is -1.77. The van der Waals surface area contributed by atoms with Crippen molar-refractivity contribution in [3.05, 3.63) is 59.7 Å². The molecular weight excluding hydrogens is 179 g/mol. The van der Waals surface area contributed by atoms with Gasteiger partial charge >= 0.3 is 0 Å². The predicted octanol–water partition coefficient (Wildman–Crippen LogP) is 2.21. The van der Waals surface area contributed by atoms with Gasteiger partial charge in [-0.1, -0.05) is 18.2 Å². The van der Waals surface area contributed by atoms with Gasteiger partial charge in [-0.05, 0) is 23.8 Å². The summed E-state index contributed by atoms with van der Waals surface area (Å²) in [7, 11) is 0. The molecular formula is C11H9FN2. The van der Waals surface area contributed by atoms with Crippen LogP contribution in [0.2, 0.25) is 0 Å². The Bertz CT molecular complexity index is 415. The molecule has 0 radical (unpaired) electrons. The third-order valence-corrected chi connectivity index (χ3v) is 1.96. The topological polar surface area (TPSA) is 25.8 Å². The van der Waals surface area contributed by atoms with Crippen molar-refractivity contribution < 1.29 is 4.39 Å². The summed E-state index contributed by atoms with van der Waals surface area (Å²) in [5.74, 6) is -0.196. The van der Waals surface area contributed by atoms with E-state index in [4.69, 9.17) is 0 Å². The van der Waals surface area contributed by atoms with Crippen LogP contribution < -0.4 is 0 Å². The monoisotopic (exact) mass is 188 g/mol. The minimum atomic E-state index is -0.196. The summed E-state index contributed by atoms with van der Waals surface area (Å²) in [6, 6.07) is 10.3. The van der Waals surface area contributed by atoms with E-state index in [0.29, 0.717) is 12.0 Å². The first-order valence-electron chi connectivity index (χ1n) is 4.36. The van der Waals surface area contributed by atoms with Gasteiger partial charge < -0.3 is 0 Å². The second-order valence-corrected chi connectivity index (χ2v) is 2.98. The SMILES string of the molecule is Fc1ccccc1Cc1cccnn1. The summed E-state index contributed by atoms with van der Waals surface area (Å²) in [6.45, 7) is 0. The highest BCUT2D eigenvalue weighted by molar-refractivity contribution is 5.22. The third kappa shape index (κ3) is 1.93. The largest absolute Gasteiger partial charge is 0.207 e. The Kier molecular flexibility index (Phi) is 2.49. The van der Waals surface area contributed by atoms with E-state index in [0.717, 1.165) is 5.69 Å². The second kappa shape index (κ2) is 3.96. The molecule has 0 N–H and O–H groups in total. The lowest BCUT2D eigenvalue weighted by molar-refractivity contribution is 0.612. The lowest BCUT2D eigenvalue weighted by Crippen LogP contribution is -1.95. The van der Waals surface area contributed by atoms with Crippen molar-refractivity contribution >= 4 is 0 Å². The van der Waals surface area contributed by atoms with E-state index >= 15 is 0 Å². The molecule has 0 atom stereocenters. The summed E-state index contributed by atoms with van der Waals surface area (Å²) in [6.07, 6.45) is 2.09. The Morgan fingerprint density at radius 3 is 2.64 bits per heavy atom. The van der Waals surface area contributed by atoms with Gasteiger partial charge in [0.25, 0.3) is 0 Å². The molecule has 0 fully saturated rings. The lowest BCUT2D eigenvalue weighted by atomic mass is 10.1. The number of aromatic nitrogens is 2. The highest BCUT2D eigenvalue weighted by Crippen LogP contribution is 2.10. The molecule has 0 aliphatic carbocycles. The van der Waals surface area contributed by atoms with Crippen molar-refractivity contribution in [3.8, 4) is 0 Å². The molecule has 70 valence electrons. The quantitative estimate of drug-likeness (QED) is 0.722. The number of hydrogen-bond donors (Lipinski definition) is 0. The number of hydrogen-bond acceptors (Lipinski definition) is 2. The first-order chi connectivity index (χ1) is 6.86. The molecule has 2 nitrogen and oxygen atoms in total. The molecule has 0 aliphatic heterocycles. The first-order valence-corrected chi connectivity index (χ1v) is 4.36. The van der Waals surface area contributed by atoms with Gasteiger partial charge in [0.1, 0.15) is 5.82 Å². The molecule has 0 unspecified atom stereocenters. The van der Waals surface area contributed by atoms with Crippen LogP contribution in [0.4, 0.5) is 4.39 Å². The van der Waals surface area contributed by atoms with Crippen LogP contribution in [0.1, 0.15) is 11.3 Å². The fourth-order valence-corrected chi connectivity index (χ4v) is 1.26. The van der Waals surface area contributed by atoms with Crippen LogP contribution in [-0.4, -0.2) is 10.2 Å². The van der Waals surface area contributed by atoms with Crippen molar-refractivity contribution in [1.82, 2.24) is 10.2 Å². The Labute approximate surface area is 81.4 Å². The van der Waals surface area contributed by atoms with Crippen LogP contribution in [-0.2, 0) is 6.42 Å². The molecule has 3 heteroatoms. The third-order valence-electron chi connectivity index (χ3n) is 1.96. The second-order valence-electron chi connectivity index (χ2n) is 2.98. The van der Waals surface area contributed by atoms with Crippen LogP contribution in [0.3, 0.4) is 0 Å². The average Bonchev–Trinajstić information content (AvgIpc) is 2.23. The van der Waals surface area contributed by atoms with Crippen LogP contribution in [0.25, 0.3) is 0 Å². The Balaban J connectivity index is 2.24.